The fourth-order valence-corrected chi connectivity index (χ4v) is 6.94. The number of amides is 1. The average molecular weight is 501 g/mol. The van der Waals surface area contributed by atoms with Crippen molar-refractivity contribution in [3.05, 3.63) is 58.1 Å². The first-order valence-electron chi connectivity index (χ1n) is 13.9. The maximum Gasteiger partial charge on any atom is 0.304 e. The lowest BCUT2D eigenvalue weighted by Crippen LogP contribution is -2.41. The molecule has 0 radical (unpaired) electrons. The summed E-state index contributed by atoms with van der Waals surface area (Å²) in [7, 11) is 0. The summed E-state index contributed by atoms with van der Waals surface area (Å²) in [6.07, 6.45) is 8.60. The van der Waals surface area contributed by atoms with Crippen LogP contribution in [-0.4, -0.2) is 43.4 Å². The number of carbonyl (C=O) groups is 2. The number of carboxylic acids is 1. The summed E-state index contributed by atoms with van der Waals surface area (Å²) in [5, 5.41) is 18.8. The highest BCUT2D eigenvalue weighted by atomic mass is 16.4. The van der Waals surface area contributed by atoms with Gasteiger partial charge in [-0.1, -0.05) is 42.3 Å². The topological polar surface area (TPSA) is 88.3 Å². The molecule has 1 N–H and O–H groups in total. The minimum Gasteiger partial charge on any atom is -0.481 e. The lowest BCUT2D eigenvalue weighted by Gasteiger charge is -2.35. The maximum atomic E-state index is 13.5. The molecule has 1 aliphatic carbocycles. The normalized spacial score (nSPS) is 24.3. The maximum absolute atomic E-state index is 13.5. The highest BCUT2D eigenvalue weighted by Gasteiger charge is 2.32. The predicted molar refractivity (Wildman–Crippen MR) is 141 cm³/mol. The van der Waals surface area contributed by atoms with E-state index in [1.807, 2.05) is 11.6 Å². The van der Waals surface area contributed by atoms with Gasteiger partial charge in [0.15, 0.2) is 0 Å². The van der Waals surface area contributed by atoms with Crippen LogP contribution in [0, 0.1) is 18.8 Å². The van der Waals surface area contributed by atoms with E-state index in [2.05, 4.69) is 45.5 Å². The van der Waals surface area contributed by atoms with Gasteiger partial charge in [0.05, 0.1) is 11.9 Å². The van der Waals surface area contributed by atoms with E-state index in [9.17, 15) is 14.7 Å². The van der Waals surface area contributed by atoms with Crippen molar-refractivity contribution in [2.75, 3.05) is 6.54 Å². The Balaban J connectivity index is 1.42. The average Bonchev–Trinajstić information content (AvgIpc) is 3.33. The Morgan fingerprint density at radius 1 is 1.03 bits per heavy atom. The van der Waals surface area contributed by atoms with Gasteiger partial charge in [-0.3, -0.25) is 9.59 Å². The fraction of sp³-hybridized carbons (Fsp3) is 0.533. The van der Waals surface area contributed by atoms with E-state index in [1.54, 1.807) is 0 Å². The van der Waals surface area contributed by atoms with Crippen LogP contribution in [-0.2, 0) is 29.1 Å². The zero-order chi connectivity index (χ0) is 25.5. The molecule has 7 heteroatoms. The van der Waals surface area contributed by atoms with Crippen molar-refractivity contribution in [2.24, 2.45) is 11.8 Å². The first kappa shape index (κ1) is 24.1. The summed E-state index contributed by atoms with van der Waals surface area (Å²) in [5.41, 5.74) is 7.26. The highest BCUT2D eigenvalue weighted by molar-refractivity contribution is 5.81. The van der Waals surface area contributed by atoms with E-state index in [-0.39, 0.29) is 18.3 Å². The number of aliphatic carboxylic acids is 1. The van der Waals surface area contributed by atoms with Gasteiger partial charge in [0.25, 0.3) is 0 Å². The van der Waals surface area contributed by atoms with E-state index in [1.165, 1.54) is 12.0 Å². The Bertz CT molecular complexity index is 1340. The second-order valence-electron chi connectivity index (χ2n) is 11.4. The number of nitrogens with zero attached hydrogens (tertiary/aromatic N) is 4. The van der Waals surface area contributed by atoms with Gasteiger partial charge in [0.2, 0.25) is 5.91 Å². The van der Waals surface area contributed by atoms with Gasteiger partial charge in [-0.2, -0.15) is 0 Å². The molecule has 5 aliphatic heterocycles. The van der Waals surface area contributed by atoms with Crippen molar-refractivity contribution < 1.29 is 14.7 Å². The summed E-state index contributed by atoms with van der Waals surface area (Å²) < 4.78 is 2.00. The Morgan fingerprint density at radius 2 is 1.86 bits per heavy atom. The Labute approximate surface area is 217 Å². The summed E-state index contributed by atoms with van der Waals surface area (Å²) in [4.78, 5) is 27.5. The summed E-state index contributed by atoms with van der Waals surface area (Å²) in [5.74, 6) is 0.0713. The van der Waals surface area contributed by atoms with Crippen molar-refractivity contribution in [1.29, 1.82) is 0 Å². The van der Waals surface area contributed by atoms with Crippen LogP contribution < -0.4 is 0 Å². The Hall–Kier alpha value is -3.22. The molecule has 37 heavy (non-hydrogen) atoms. The molecule has 1 fully saturated rings. The van der Waals surface area contributed by atoms with Gasteiger partial charge in [0, 0.05) is 31.5 Å². The van der Waals surface area contributed by atoms with Crippen molar-refractivity contribution in [3.8, 4) is 0 Å². The molecule has 0 saturated heterocycles. The monoisotopic (exact) mass is 500 g/mol. The van der Waals surface area contributed by atoms with Gasteiger partial charge in [0.1, 0.15) is 5.52 Å². The molecule has 1 aromatic heterocycles. The molecule has 2 aromatic carbocycles. The van der Waals surface area contributed by atoms with Crippen molar-refractivity contribution in [3.63, 3.8) is 0 Å². The predicted octanol–water partition coefficient (Wildman–Crippen LogP) is 5.22. The fourth-order valence-electron chi connectivity index (χ4n) is 6.94. The van der Waals surface area contributed by atoms with Gasteiger partial charge in [-0.15, -0.1) is 5.10 Å². The van der Waals surface area contributed by atoms with E-state index in [0.29, 0.717) is 12.5 Å². The standard InChI is InChI=1S/C30H36N4O3/c1-19-25-11-12-27-29(19)31-32-34(27)14-3-2-4-20-5-7-22(8-6-20)30(37)33-15-13-21-9-10-23(16-24(21)18-33)26(25)17-28(35)36/h9-12,16,20,22,26H,2-8,13-15,17-18H2,1H3,(H,35,36). The van der Waals surface area contributed by atoms with Crippen LogP contribution in [0.4, 0.5) is 0 Å². The van der Waals surface area contributed by atoms with E-state index in [4.69, 9.17) is 0 Å². The molecule has 1 atom stereocenters. The number of rotatable bonds is 2. The molecule has 1 unspecified atom stereocenters. The molecule has 6 aliphatic rings. The van der Waals surface area contributed by atoms with Crippen LogP contribution in [0.2, 0.25) is 0 Å². The van der Waals surface area contributed by atoms with Crippen LogP contribution in [0.5, 0.6) is 0 Å². The Morgan fingerprint density at radius 3 is 2.68 bits per heavy atom. The van der Waals surface area contributed by atoms with Crippen LogP contribution in [0.15, 0.2) is 30.3 Å². The molecule has 9 bridgehead atoms. The molecular weight excluding hydrogens is 464 g/mol. The lowest BCUT2D eigenvalue weighted by molar-refractivity contribution is -0.138. The molecule has 1 saturated carbocycles. The highest BCUT2D eigenvalue weighted by Crippen LogP contribution is 2.37. The number of hydrogen-bond acceptors (Lipinski definition) is 4. The van der Waals surface area contributed by atoms with Crippen LogP contribution >= 0.6 is 0 Å². The first-order valence-corrected chi connectivity index (χ1v) is 13.9. The lowest BCUT2D eigenvalue weighted by atomic mass is 9.79. The smallest absolute Gasteiger partial charge is 0.304 e. The second-order valence-corrected chi connectivity index (χ2v) is 11.4. The zero-order valence-corrected chi connectivity index (χ0v) is 21.7. The van der Waals surface area contributed by atoms with E-state index < -0.39 is 5.97 Å². The van der Waals surface area contributed by atoms with Crippen LogP contribution in [0.1, 0.15) is 85.1 Å². The third-order valence-corrected chi connectivity index (χ3v) is 9.12. The second kappa shape index (κ2) is 9.92. The summed E-state index contributed by atoms with van der Waals surface area (Å²) in [6.45, 7) is 4.26. The van der Waals surface area contributed by atoms with Gasteiger partial charge < -0.3 is 10.0 Å². The SMILES string of the molecule is Cc1c2ccc3c1nnn3CCCCC1CCC(CC1)C(=O)N1CCc3ccc(cc3C1)C2CC(=O)O. The number of carboxylic acid groups (broad SMARTS) is 1. The number of aryl methyl sites for hydroxylation is 2. The third kappa shape index (κ3) is 4.64. The third-order valence-electron chi connectivity index (χ3n) is 9.12. The minimum atomic E-state index is -0.826. The quantitative estimate of drug-likeness (QED) is 0.521. The number of carbonyl (C=O) groups excluding carboxylic acids is 1. The first-order chi connectivity index (χ1) is 18.0. The van der Waals surface area contributed by atoms with Crippen LogP contribution in [0.3, 0.4) is 0 Å². The number of hydrogen-bond donors (Lipinski definition) is 1. The van der Waals surface area contributed by atoms with Crippen molar-refractivity contribution in [1.82, 2.24) is 19.9 Å². The summed E-state index contributed by atoms with van der Waals surface area (Å²) >= 11 is 0. The molecule has 194 valence electrons. The molecule has 9 rings (SSSR count). The number of benzene rings is 2. The molecule has 6 heterocycles. The number of aromatic nitrogens is 3. The van der Waals surface area contributed by atoms with Gasteiger partial charge in [-0.25, -0.2) is 4.68 Å². The van der Waals surface area contributed by atoms with Crippen LogP contribution in [0.25, 0.3) is 11.0 Å². The molecule has 1 amide bonds. The van der Waals surface area contributed by atoms with E-state index >= 15 is 0 Å². The van der Waals surface area contributed by atoms with E-state index in [0.717, 1.165) is 97.2 Å². The Kier molecular flexibility index (Phi) is 6.47. The minimum absolute atomic E-state index is 0.00512. The zero-order valence-electron chi connectivity index (χ0n) is 21.7. The molecular formula is C30H36N4O3. The molecule has 0 spiro atoms. The van der Waals surface area contributed by atoms with Crippen molar-refractivity contribution in [2.45, 2.75) is 83.7 Å². The molecule has 7 nitrogen and oxygen atoms in total. The molecule has 3 aromatic rings. The van der Waals surface area contributed by atoms with Gasteiger partial charge >= 0.3 is 5.97 Å². The van der Waals surface area contributed by atoms with Gasteiger partial charge in [-0.05, 0) is 85.3 Å². The summed E-state index contributed by atoms with van der Waals surface area (Å²) in [6, 6.07) is 10.5. The largest absolute Gasteiger partial charge is 0.481 e. The van der Waals surface area contributed by atoms with Crippen molar-refractivity contribution >= 4 is 22.9 Å².